The zero-order chi connectivity index (χ0) is 22.5. The van der Waals surface area contributed by atoms with Gasteiger partial charge in [-0.1, -0.05) is 128 Å². The molecule has 0 atom stereocenters. The van der Waals surface area contributed by atoms with E-state index in [4.69, 9.17) is 116 Å². The van der Waals surface area contributed by atoms with Crippen LogP contribution in [-0.2, 0) is 4.79 Å². The minimum Gasteiger partial charge on any atom is -0.290 e. The van der Waals surface area contributed by atoms with Crippen LogP contribution in [0.15, 0.2) is 29.9 Å². The molecule has 1 aliphatic carbocycles. The highest BCUT2D eigenvalue weighted by molar-refractivity contribution is 6.58. The van der Waals surface area contributed by atoms with Crippen LogP contribution in [0.1, 0.15) is 11.1 Å². The lowest BCUT2D eigenvalue weighted by atomic mass is 9.90. The van der Waals surface area contributed by atoms with E-state index in [-0.39, 0.29) is 72.7 Å². The van der Waals surface area contributed by atoms with E-state index in [0.29, 0.717) is 5.57 Å². The largest absolute Gasteiger partial charge is 0.290 e. The first-order chi connectivity index (χ1) is 14.0. The maximum absolute atomic E-state index is 11.7. The Balaban J connectivity index is 2.57. The molecular formula is C19H4Cl10O. The highest BCUT2D eigenvalue weighted by Gasteiger charge is 2.29. The van der Waals surface area contributed by atoms with Crippen LogP contribution in [0.3, 0.4) is 0 Å². The molecule has 0 unspecified atom stereocenters. The van der Waals surface area contributed by atoms with Crippen molar-refractivity contribution < 1.29 is 4.79 Å². The number of rotatable bonds is 2. The number of carbonyl (C=O) groups is 1. The van der Waals surface area contributed by atoms with Crippen molar-refractivity contribution >= 4 is 127 Å². The van der Waals surface area contributed by atoms with Gasteiger partial charge < -0.3 is 0 Å². The van der Waals surface area contributed by atoms with Crippen molar-refractivity contribution in [3.63, 3.8) is 0 Å². The number of allylic oxidation sites excluding steroid dienone is 5. The van der Waals surface area contributed by atoms with E-state index in [9.17, 15) is 4.79 Å². The summed E-state index contributed by atoms with van der Waals surface area (Å²) in [6.07, 6.45) is 5.70. The molecule has 0 amide bonds. The van der Waals surface area contributed by atoms with Gasteiger partial charge in [-0.05, 0) is 17.7 Å². The van der Waals surface area contributed by atoms with Crippen LogP contribution in [-0.4, -0.2) is 5.78 Å². The van der Waals surface area contributed by atoms with Crippen LogP contribution in [0.2, 0.25) is 50.2 Å². The van der Waals surface area contributed by atoms with Gasteiger partial charge in [-0.2, -0.15) is 0 Å². The highest BCUT2D eigenvalue weighted by Crippen LogP contribution is 2.53. The second kappa shape index (κ2) is 9.61. The van der Waals surface area contributed by atoms with E-state index >= 15 is 0 Å². The Morgan fingerprint density at radius 3 is 1.00 bits per heavy atom. The SMILES string of the molecule is O=C1C=CC(=C(c2c(Cl)c(Cl)c(Cl)c(Cl)c2Cl)c2c(Cl)c(Cl)c(Cl)c(Cl)c2Cl)C=C1. The Morgan fingerprint density at radius 1 is 0.433 bits per heavy atom. The van der Waals surface area contributed by atoms with E-state index in [0.717, 1.165) is 0 Å². The summed E-state index contributed by atoms with van der Waals surface area (Å²) in [5.41, 5.74) is 1.04. The fourth-order valence-corrected chi connectivity index (χ4v) is 5.34. The van der Waals surface area contributed by atoms with Crippen molar-refractivity contribution in [3.05, 3.63) is 91.2 Å². The average Bonchev–Trinajstić information content (AvgIpc) is 2.73. The molecule has 1 aliphatic rings. The standard InChI is InChI=1S/C19H4Cl10O/c20-10-8(11(21)15(25)18(28)14(10)24)7(5-1-3-6(30)4-2-5)9-12(22)16(26)19(29)17(27)13(9)23/h1-4H. The minimum absolute atomic E-state index is 0.0217. The number of halogens is 10. The third-order valence-electron chi connectivity index (χ3n) is 4.06. The molecule has 0 saturated carbocycles. The number of hydrogen-bond acceptors (Lipinski definition) is 1. The van der Waals surface area contributed by atoms with Gasteiger partial charge in [0, 0.05) is 16.7 Å². The molecule has 0 saturated heterocycles. The van der Waals surface area contributed by atoms with Crippen LogP contribution >= 0.6 is 116 Å². The van der Waals surface area contributed by atoms with Gasteiger partial charge in [-0.3, -0.25) is 4.79 Å². The number of ketones is 1. The first-order valence-electron chi connectivity index (χ1n) is 7.67. The molecule has 1 nitrogen and oxygen atoms in total. The van der Waals surface area contributed by atoms with Gasteiger partial charge in [-0.25, -0.2) is 0 Å². The summed E-state index contributed by atoms with van der Waals surface area (Å²) in [6, 6.07) is 0. The summed E-state index contributed by atoms with van der Waals surface area (Å²) in [5, 5.41) is -0.320. The predicted molar refractivity (Wildman–Crippen MR) is 132 cm³/mol. The van der Waals surface area contributed by atoms with Crippen LogP contribution in [0.25, 0.3) is 5.57 Å². The molecule has 11 heteroatoms. The summed E-state index contributed by atoms with van der Waals surface area (Å²) < 4.78 is 0. The molecule has 0 aliphatic heterocycles. The smallest absolute Gasteiger partial charge is 0.178 e. The molecular weight excluding hydrogens is 599 g/mol. The van der Waals surface area contributed by atoms with Crippen molar-refractivity contribution in [2.24, 2.45) is 0 Å². The van der Waals surface area contributed by atoms with Gasteiger partial charge in [0.15, 0.2) is 5.78 Å². The van der Waals surface area contributed by atoms with Crippen LogP contribution in [0, 0.1) is 0 Å². The molecule has 0 heterocycles. The molecule has 0 N–H and O–H groups in total. The normalized spacial score (nSPS) is 13.4. The third kappa shape index (κ3) is 4.24. The summed E-state index contributed by atoms with van der Waals surface area (Å²) >= 11 is 63.3. The summed E-state index contributed by atoms with van der Waals surface area (Å²) in [4.78, 5) is 11.7. The minimum atomic E-state index is -0.230. The van der Waals surface area contributed by atoms with Gasteiger partial charge >= 0.3 is 0 Å². The quantitative estimate of drug-likeness (QED) is 0.247. The summed E-state index contributed by atoms with van der Waals surface area (Å²) in [5.74, 6) is -0.230. The van der Waals surface area contributed by atoms with E-state index in [1.165, 1.54) is 24.3 Å². The fourth-order valence-electron chi connectivity index (χ4n) is 2.68. The zero-order valence-electron chi connectivity index (χ0n) is 14.0. The fraction of sp³-hybridized carbons (Fsp3) is 0. The van der Waals surface area contributed by atoms with Crippen molar-refractivity contribution in [1.29, 1.82) is 0 Å². The summed E-state index contributed by atoms with van der Waals surface area (Å²) in [6.45, 7) is 0. The van der Waals surface area contributed by atoms with Crippen LogP contribution in [0.5, 0.6) is 0 Å². The van der Waals surface area contributed by atoms with E-state index in [2.05, 4.69) is 0 Å². The first kappa shape index (κ1) is 24.9. The molecule has 0 radical (unpaired) electrons. The third-order valence-corrected chi connectivity index (χ3v) is 8.62. The lowest BCUT2D eigenvalue weighted by Gasteiger charge is -2.22. The molecule has 0 bridgehead atoms. The number of hydrogen-bond donors (Lipinski definition) is 0. The van der Waals surface area contributed by atoms with Gasteiger partial charge in [0.2, 0.25) is 0 Å². The molecule has 0 fully saturated rings. The Bertz CT molecular complexity index is 1060. The van der Waals surface area contributed by atoms with Gasteiger partial charge in [0.1, 0.15) is 0 Å². The Labute approximate surface area is 221 Å². The predicted octanol–water partition coefficient (Wildman–Crippen LogP) is 10.7. The lowest BCUT2D eigenvalue weighted by Crippen LogP contribution is -2.02. The second-order valence-corrected chi connectivity index (χ2v) is 9.57. The molecule has 0 aromatic heterocycles. The average molecular weight is 603 g/mol. The van der Waals surface area contributed by atoms with Gasteiger partial charge in [-0.15, -0.1) is 0 Å². The van der Waals surface area contributed by atoms with E-state index in [1.807, 2.05) is 0 Å². The number of benzene rings is 2. The molecule has 156 valence electrons. The first-order valence-corrected chi connectivity index (χ1v) is 11.4. The molecule has 3 rings (SSSR count). The second-order valence-electron chi connectivity index (χ2n) is 5.79. The van der Waals surface area contributed by atoms with Crippen molar-refractivity contribution in [2.45, 2.75) is 0 Å². The highest BCUT2D eigenvalue weighted by atomic mass is 35.5. The lowest BCUT2D eigenvalue weighted by molar-refractivity contribution is -0.110. The Kier molecular flexibility index (Phi) is 7.97. The van der Waals surface area contributed by atoms with Gasteiger partial charge in [0.25, 0.3) is 0 Å². The maximum atomic E-state index is 11.7. The van der Waals surface area contributed by atoms with Gasteiger partial charge in [0.05, 0.1) is 50.2 Å². The molecule has 30 heavy (non-hydrogen) atoms. The van der Waals surface area contributed by atoms with E-state index < -0.39 is 0 Å². The molecule has 0 spiro atoms. The van der Waals surface area contributed by atoms with Crippen molar-refractivity contribution in [2.75, 3.05) is 0 Å². The zero-order valence-corrected chi connectivity index (χ0v) is 21.6. The van der Waals surface area contributed by atoms with Crippen LogP contribution in [0.4, 0.5) is 0 Å². The maximum Gasteiger partial charge on any atom is 0.178 e. The summed E-state index contributed by atoms with van der Waals surface area (Å²) in [7, 11) is 0. The molecule has 2 aromatic rings. The topological polar surface area (TPSA) is 17.1 Å². The van der Waals surface area contributed by atoms with Crippen molar-refractivity contribution in [1.82, 2.24) is 0 Å². The van der Waals surface area contributed by atoms with Crippen LogP contribution < -0.4 is 0 Å². The Hall–Kier alpha value is 0.230. The molecule has 2 aromatic carbocycles. The van der Waals surface area contributed by atoms with E-state index in [1.54, 1.807) is 0 Å². The number of carbonyl (C=O) groups excluding carboxylic acids is 1. The monoisotopic (exact) mass is 598 g/mol. The van der Waals surface area contributed by atoms with Crippen molar-refractivity contribution in [3.8, 4) is 0 Å². The Morgan fingerprint density at radius 2 is 0.700 bits per heavy atom.